The van der Waals surface area contributed by atoms with E-state index in [9.17, 15) is 9.18 Å². The number of halogens is 1. The van der Waals surface area contributed by atoms with Gasteiger partial charge < -0.3 is 4.90 Å². The Labute approximate surface area is 172 Å². The van der Waals surface area contributed by atoms with Crippen molar-refractivity contribution in [2.24, 2.45) is 0 Å². The van der Waals surface area contributed by atoms with Gasteiger partial charge in [0, 0.05) is 42.7 Å². The molecule has 1 unspecified atom stereocenters. The third kappa shape index (κ3) is 4.04. The second-order valence-electron chi connectivity index (χ2n) is 8.43. The Hall–Kier alpha value is -2.34. The van der Waals surface area contributed by atoms with Crippen LogP contribution in [0.4, 0.5) is 10.2 Å². The zero-order valence-corrected chi connectivity index (χ0v) is 17.5. The van der Waals surface area contributed by atoms with E-state index in [1.165, 1.54) is 6.07 Å². The van der Waals surface area contributed by atoms with Gasteiger partial charge in [-0.05, 0) is 58.2 Å². The molecule has 2 aliphatic heterocycles. The number of benzene rings is 1. The van der Waals surface area contributed by atoms with Crippen LogP contribution in [0.2, 0.25) is 0 Å². The van der Waals surface area contributed by atoms with Gasteiger partial charge in [0.05, 0.1) is 0 Å². The number of rotatable bonds is 5. The monoisotopic (exact) mass is 396 g/mol. The average molecular weight is 397 g/mol. The van der Waals surface area contributed by atoms with Gasteiger partial charge in [0.15, 0.2) is 0 Å². The number of carbonyl (C=O) groups is 1. The predicted octanol–water partition coefficient (Wildman–Crippen LogP) is 3.64. The summed E-state index contributed by atoms with van der Waals surface area (Å²) >= 11 is 0. The van der Waals surface area contributed by atoms with Gasteiger partial charge in [0.2, 0.25) is 5.91 Å². The first kappa shape index (κ1) is 20.0. The molecule has 2 aromatic rings. The molecule has 0 bridgehead atoms. The Kier molecular flexibility index (Phi) is 5.63. The van der Waals surface area contributed by atoms with Crippen LogP contribution in [-0.4, -0.2) is 46.5 Å². The fraction of sp³-hybridized carbons (Fsp3) is 0.522. The van der Waals surface area contributed by atoms with Crippen molar-refractivity contribution in [2.75, 3.05) is 24.5 Å². The van der Waals surface area contributed by atoms with E-state index < -0.39 is 0 Å². The van der Waals surface area contributed by atoms with Crippen LogP contribution >= 0.6 is 0 Å². The van der Waals surface area contributed by atoms with Crippen LogP contribution in [0.3, 0.4) is 0 Å². The maximum atomic E-state index is 14.0. The second-order valence-corrected chi connectivity index (χ2v) is 8.43. The highest BCUT2D eigenvalue weighted by molar-refractivity contribution is 5.95. The van der Waals surface area contributed by atoms with E-state index in [-0.39, 0.29) is 11.7 Å². The van der Waals surface area contributed by atoms with E-state index in [4.69, 9.17) is 9.97 Å². The Bertz CT molecular complexity index is 914. The van der Waals surface area contributed by atoms with Crippen LogP contribution in [0.1, 0.15) is 55.3 Å². The van der Waals surface area contributed by atoms with Crippen LogP contribution in [0.25, 0.3) is 0 Å². The van der Waals surface area contributed by atoms with Crippen molar-refractivity contribution in [3.05, 3.63) is 52.7 Å². The summed E-state index contributed by atoms with van der Waals surface area (Å²) in [6, 6.07) is 7.27. The zero-order chi connectivity index (χ0) is 20.5. The molecule has 0 saturated carbocycles. The Morgan fingerprint density at radius 1 is 1.21 bits per heavy atom. The number of hydrogen-bond donors (Lipinski definition) is 0. The third-order valence-electron chi connectivity index (χ3n) is 6.23. The van der Waals surface area contributed by atoms with Crippen molar-refractivity contribution in [1.29, 1.82) is 0 Å². The molecular weight excluding hydrogens is 367 g/mol. The van der Waals surface area contributed by atoms with E-state index in [1.54, 1.807) is 17.0 Å². The first-order valence-corrected chi connectivity index (χ1v) is 10.6. The molecule has 0 N–H and O–H groups in total. The SMILES string of the molecule is Cc1nc(C2CCN(C(C)C)C2)nc2c1CCC(=O)N2CCc1ccccc1F. The van der Waals surface area contributed by atoms with Crippen LogP contribution in [0.15, 0.2) is 24.3 Å². The minimum Gasteiger partial charge on any atom is -0.300 e. The van der Waals surface area contributed by atoms with Crippen molar-refractivity contribution in [3.63, 3.8) is 0 Å². The van der Waals surface area contributed by atoms with Crippen molar-refractivity contribution in [1.82, 2.24) is 14.9 Å². The number of hydrogen-bond acceptors (Lipinski definition) is 4. The van der Waals surface area contributed by atoms with Crippen molar-refractivity contribution in [3.8, 4) is 0 Å². The smallest absolute Gasteiger partial charge is 0.228 e. The lowest BCUT2D eigenvalue weighted by Gasteiger charge is -2.30. The molecule has 6 heteroatoms. The van der Waals surface area contributed by atoms with Crippen LogP contribution in [0.5, 0.6) is 0 Å². The summed E-state index contributed by atoms with van der Waals surface area (Å²) in [4.78, 5) is 26.6. The summed E-state index contributed by atoms with van der Waals surface area (Å²) in [5, 5.41) is 0. The maximum Gasteiger partial charge on any atom is 0.228 e. The Morgan fingerprint density at radius 3 is 2.72 bits per heavy atom. The number of aromatic nitrogens is 2. The normalized spacial score (nSPS) is 19.8. The largest absolute Gasteiger partial charge is 0.300 e. The molecule has 154 valence electrons. The molecule has 5 nitrogen and oxygen atoms in total. The number of likely N-dealkylation sites (tertiary alicyclic amines) is 1. The van der Waals surface area contributed by atoms with Gasteiger partial charge in [-0.15, -0.1) is 0 Å². The van der Waals surface area contributed by atoms with Gasteiger partial charge in [-0.1, -0.05) is 18.2 Å². The molecule has 4 rings (SSSR count). The minimum atomic E-state index is -0.225. The summed E-state index contributed by atoms with van der Waals surface area (Å²) in [7, 11) is 0. The highest BCUT2D eigenvalue weighted by Crippen LogP contribution is 2.32. The highest BCUT2D eigenvalue weighted by Gasteiger charge is 2.32. The topological polar surface area (TPSA) is 49.3 Å². The van der Waals surface area contributed by atoms with Crippen molar-refractivity contribution in [2.45, 2.75) is 58.4 Å². The fourth-order valence-corrected chi connectivity index (χ4v) is 4.42. The summed E-state index contributed by atoms with van der Waals surface area (Å²) < 4.78 is 14.0. The van der Waals surface area contributed by atoms with Crippen molar-refractivity contribution >= 4 is 11.7 Å². The number of anilines is 1. The summed E-state index contributed by atoms with van der Waals surface area (Å²) in [5.74, 6) is 1.72. The summed E-state index contributed by atoms with van der Waals surface area (Å²) in [5.41, 5.74) is 2.65. The molecule has 1 amide bonds. The summed E-state index contributed by atoms with van der Waals surface area (Å²) in [6.45, 7) is 8.89. The Morgan fingerprint density at radius 2 is 2.00 bits per heavy atom. The summed E-state index contributed by atoms with van der Waals surface area (Å²) in [6.07, 6.45) is 2.65. The van der Waals surface area contributed by atoms with E-state index in [0.29, 0.717) is 43.3 Å². The molecule has 1 fully saturated rings. The number of nitrogens with zero attached hydrogens (tertiary/aromatic N) is 4. The fourth-order valence-electron chi connectivity index (χ4n) is 4.42. The zero-order valence-electron chi connectivity index (χ0n) is 17.5. The molecule has 3 heterocycles. The predicted molar refractivity (Wildman–Crippen MR) is 112 cm³/mol. The molecule has 1 atom stereocenters. The molecule has 1 aromatic heterocycles. The number of fused-ring (bicyclic) bond motifs is 1. The lowest BCUT2D eigenvalue weighted by atomic mass is 10.0. The van der Waals surface area contributed by atoms with E-state index in [0.717, 1.165) is 42.4 Å². The van der Waals surface area contributed by atoms with Gasteiger partial charge in [-0.2, -0.15) is 0 Å². The quantitative estimate of drug-likeness (QED) is 0.774. The Balaban J connectivity index is 1.60. The molecule has 1 saturated heterocycles. The highest BCUT2D eigenvalue weighted by atomic mass is 19.1. The number of aryl methyl sites for hydroxylation is 1. The maximum absolute atomic E-state index is 14.0. The van der Waals surface area contributed by atoms with Gasteiger partial charge >= 0.3 is 0 Å². The molecule has 29 heavy (non-hydrogen) atoms. The number of amides is 1. The van der Waals surface area contributed by atoms with Crippen molar-refractivity contribution < 1.29 is 9.18 Å². The molecule has 1 aromatic carbocycles. The van der Waals surface area contributed by atoms with E-state index in [1.807, 2.05) is 13.0 Å². The van der Waals surface area contributed by atoms with Crippen LogP contribution in [-0.2, 0) is 17.6 Å². The van der Waals surface area contributed by atoms with Gasteiger partial charge in [0.1, 0.15) is 17.5 Å². The van der Waals surface area contributed by atoms with Gasteiger partial charge in [-0.25, -0.2) is 14.4 Å². The lowest BCUT2D eigenvalue weighted by molar-refractivity contribution is -0.118. The van der Waals surface area contributed by atoms with Crippen LogP contribution in [0, 0.1) is 12.7 Å². The standard InChI is InChI=1S/C23H29FN4O/c1-15(2)27-12-10-18(14-27)22-25-16(3)19-8-9-21(29)28(23(19)26-22)13-11-17-6-4-5-7-20(17)24/h4-7,15,18H,8-14H2,1-3H3. The van der Waals surface area contributed by atoms with E-state index in [2.05, 4.69) is 18.7 Å². The second kappa shape index (κ2) is 8.19. The average Bonchev–Trinajstić information content (AvgIpc) is 3.19. The van der Waals surface area contributed by atoms with Gasteiger partial charge in [-0.3, -0.25) is 9.69 Å². The first-order chi connectivity index (χ1) is 13.9. The molecule has 2 aliphatic rings. The molecular formula is C23H29FN4O. The molecule has 0 radical (unpaired) electrons. The van der Waals surface area contributed by atoms with Crippen LogP contribution < -0.4 is 4.90 Å². The molecule has 0 spiro atoms. The van der Waals surface area contributed by atoms with Gasteiger partial charge in [0.25, 0.3) is 0 Å². The van der Waals surface area contributed by atoms with E-state index >= 15 is 0 Å². The molecule has 0 aliphatic carbocycles. The lowest BCUT2D eigenvalue weighted by Crippen LogP contribution is -2.38. The first-order valence-electron chi connectivity index (χ1n) is 10.6. The third-order valence-corrected chi connectivity index (χ3v) is 6.23. The number of carbonyl (C=O) groups excluding carboxylic acids is 1. The minimum absolute atomic E-state index is 0.0631.